The van der Waals surface area contributed by atoms with Gasteiger partial charge >= 0.3 is 186 Å². The molecule has 1 unspecified atom stereocenters. The average molecular weight is 476 g/mol. The first-order valence-electron chi connectivity index (χ1n) is 9.96. The van der Waals surface area contributed by atoms with Crippen LogP contribution in [0.4, 0.5) is 4.39 Å². The zero-order valence-corrected chi connectivity index (χ0v) is 19.3. The fourth-order valence-corrected chi connectivity index (χ4v) is 5.58. The Kier molecular flexibility index (Phi) is 4.25. The Hall–Kier alpha value is -2.56. The van der Waals surface area contributed by atoms with E-state index in [0.717, 1.165) is 44.6 Å². The third kappa shape index (κ3) is 2.74. The zero-order chi connectivity index (χ0) is 20.2. The minimum absolute atomic E-state index is 0.318. The molecule has 0 bridgehead atoms. The molecule has 4 aromatic heterocycles. The summed E-state index contributed by atoms with van der Waals surface area (Å²) in [6.07, 6.45) is 7.26. The Morgan fingerprint density at radius 3 is 2.73 bits per heavy atom. The Labute approximate surface area is 185 Å². The first-order valence-corrected chi connectivity index (χ1v) is 12.1. The van der Waals surface area contributed by atoms with E-state index in [1.54, 1.807) is 11.3 Å². The number of rotatable bonds is 3. The van der Waals surface area contributed by atoms with Crippen molar-refractivity contribution < 1.29 is 4.39 Å². The summed E-state index contributed by atoms with van der Waals surface area (Å²) >= 11 is 3.03. The summed E-state index contributed by atoms with van der Waals surface area (Å²) in [6.45, 7) is 0. The van der Waals surface area contributed by atoms with Crippen LogP contribution in [0.1, 0.15) is 31.0 Å². The van der Waals surface area contributed by atoms with E-state index in [9.17, 15) is 0 Å². The van der Waals surface area contributed by atoms with E-state index in [2.05, 4.69) is 14.4 Å². The second-order valence-corrected chi connectivity index (χ2v) is 9.75. The summed E-state index contributed by atoms with van der Waals surface area (Å²) < 4.78 is 18.8. The molecule has 0 N–H and O–H groups in total. The normalized spacial score (nSPS) is 14.5. The van der Waals surface area contributed by atoms with Crippen molar-refractivity contribution in [2.24, 2.45) is 0 Å². The van der Waals surface area contributed by atoms with E-state index < -0.39 is 0 Å². The molecule has 1 aliphatic carbocycles. The van der Waals surface area contributed by atoms with Crippen LogP contribution in [-0.4, -0.2) is 36.2 Å². The van der Waals surface area contributed by atoms with E-state index >= 15 is 4.39 Å². The number of fused-ring (bicyclic) bond motifs is 2. The average Bonchev–Trinajstić information content (AvgIpc) is 3.37. The molecule has 0 aliphatic heterocycles. The van der Waals surface area contributed by atoms with E-state index in [1.165, 1.54) is 23.3 Å². The second kappa shape index (κ2) is 7.00. The molecule has 0 amide bonds. The van der Waals surface area contributed by atoms with Crippen LogP contribution in [0.2, 0.25) is 0 Å². The predicted octanol–water partition coefficient (Wildman–Crippen LogP) is 4.34. The van der Waals surface area contributed by atoms with Gasteiger partial charge in [-0.3, -0.25) is 0 Å². The van der Waals surface area contributed by atoms with Crippen molar-refractivity contribution in [1.29, 1.82) is 0 Å². The van der Waals surface area contributed by atoms with Crippen molar-refractivity contribution in [3.8, 4) is 21.8 Å². The number of hydrogen-bond donors (Lipinski definition) is 0. The van der Waals surface area contributed by atoms with E-state index in [1.807, 2.05) is 54.2 Å². The first-order chi connectivity index (χ1) is 14.7. The summed E-state index contributed by atoms with van der Waals surface area (Å²) in [5, 5.41) is 2.79. The van der Waals surface area contributed by atoms with Gasteiger partial charge in [-0.15, -0.1) is 0 Å². The molecular formula is C23H18AsFN4S. The van der Waals surface area contributed by atoms with Crippen molar-refractivity contribution >= 4 is 49.1 Å². The van der Waals surface area contributed by atoms with Gasteiger partial charge in [-0.1, -0.05) is 0 Å². The summed E-state index contributed by atoms with van der Waals surface area (Å²) in [6, 6.07) is 11.6. The number of thiophene rings is 1. The van der Waals surface area contributed by atoms with Gasteiger partial charge in [-0.25, -0.2) is 0 Å². The fraction of sp³-hybridized carbons (Fsp3) is 0.174. The second-order valence-electron chi connectivity index (χ2n) is 7.65. The third-order valence-corrected chi connectivity index (χ3v) is 7.69. The molecule has 5 aromatic rings. The SMILES string of the molecule is Fc1c(-c2nc(C3CCC3)n3ccnc([AsH2])c23)ccc2ccc(-c3cccs3)nc12. The molecule has 1 fully saturated rings. The van der Waals surface area contributed by atoms with Crippen LogP contribution < -0.4 is 4.48 Å². The van der Waals surface area contributed by atoms with Crippen molar-refractivity contribution in [3.63, 3.8) is 0 Å². The number of nitrogens with zero attached hydrogens (tertiary/aromatic N) is 4. The van der Waals surface area contributed by atoms with Gasteiger partial charge < -0.3 is 0 Å². The van der Waals surface area contributed by atoms with Gasteiger partial charge in [0.2, 0.25) is 0 Å². The number of imidazole rings is 1. The van der Waals surface area contributed by atoms with Crippen molar-refractivity contribution in [2.75, 3.05) is 0 Å². The van der Waals surface area contributed by atoms with Gasteiger partial charge in [0.05, 0.1) is 0 Å². The molecule has 0 saturated heterocycles. The van der Waals surface area contributed by atoms with Gasteiger partial charge in [0.1, 0.15) is 0 Å². The van der Waals surface area contributed by atoms with Gasteiger partial charge in [0.25, 0.3) is 0 Å². The molecular weight excluding hydrogens is 458 g/mol. The Balaban J connectivity index is 1.60. The zero-order valence-electron chi connectivity index (χ0n) is 16.0. The predicted molar refractivity (Wildman–Crippen MR) is 122 cm³/mol. The van der Waals surface area contributed by atoms with Gasteiger partial charge in [0, 0.05) is 0 Å². The molecule has 1 saturated carbocycles. The van der Waals surface area contributed by atoms with Crippen LogP contribution in [0, 0.1) is 5.82 Å². The summed E-state index contributed by atoms with van der Waals surface area (Å²) in [5.41, 5.74) is 3.25. The molecule has 1 atom stereocenters. The monoisotopic (exact) mass is 476 g/mol. The Morgan fingerprint density at radius 2 is 1.97 bits per heavy atom. The van der Waals surface area contributed by atoms with Gasteiger partial charge in [-0.2, -0.15) is 0 Å². The van der Waals surface area contributed by atoms with Crippen LogP contribution in [0.5, 0.6) is 0 Å². The standard InChI is InChI=1S/C23H18AsFN4S/c24-22-21-20(28-23(14-3-1-4-14)29(21)11-10-26-22)15-8-6-13-7-9-16(17-5-2-12-30-17)27-19(13)18(15)25/h2,5-12,14H,1,3-4,24H2. The van der Waals surface area contributed by atoms with Crippen LogP contribution in [0.3, 0.4) is 0 Å². The van der Waals surface area contributed by atoms with E-state index in [-0.39, 0.29) is 5.82 Å². The molecule has 1 aliphatic rings. The Morgan fingerprint density at radius 1 is 1.10 bits per heavy atom. The summed E-state index contributed by atoms with van der Waals surface area (Å²) in [4.78, 5) is 15.1. The van der Waals surface area contributed by atoms with E-state index in [0.29, 0.717) is 22.7 Å². The topological polar surface area (TPSA) is 43.1 Å². The molecule has 148 valence electrons. The molecule has 6 rings (SSSR count). The fourth-order valence-electron chi connectivity index (χ4n) is 4.13. The van der Waals surface area contributed by atoms with Crippen LogP contribution in [0.25, 0.3) is 38.2 Å². The van der Waals surface area contributed by atoms with Crippen molar-refractivity contribution in [1.82, 2.24) is 19.4 Å². The summed E-state index contributed by atoms with van der Waals surface area (Å²) in [5.74, 6) is 1.14. The summed E-state index contributed by atoms with van der Waals surface area (Å²) in [7, 11) is 0. The molecule has 4 heterocycles. The maximum absolute atomic E-state index is 15.8. The van der Waals surface area contributed by atoms with Crippen molar-refractivity contribution in [3.05, 3.63) is 65.8 Å². The van der Waals surface area contributed by atoms with Crippen molar-refractivity contribution in [2.45, 2.75) is 25.2 Å². The van der Waals surface area contributed by atoms with E-state index in [4.69, 9.17) is 4.98 Å². The number of aromatic nitrogens is 4. The molecule has 0 radical (unpaired) electrons. The van der Waals surface area contributed by atoms with Gasteiger partial charge in [-0.05, 0) is 0 Å². The Bertz CT molecular complexity index is 1410. The van der Waals surface area contributed by atoms with Crippen LogP contribution in [0.15, 0.2) is 54.2 Å². The number of pyridine rings is 1. The number of benzene rings is 1. The molecule has 7 heteroatoms. The third-order valence-electron chi connectivity index (χ3n) is 5.91. The van der Waals surface area contributed by atoms with Crippen LogP contribution >= 0.6 is 11.3 Å². The number of hydrogen-bond acceptors (Lipinski definition) is 4. The molecule has 1 aromatic carbocycles. The molecule has 4 nitrogen and oxygen atoms in total. The molecule has 0 spiro atoms. The number of halogens is 1. The quantitative estimate of drug-likeness (QED) is 0.364. The molecule has 30 heavy (non-hydrogen) atoms. The van der Waals surface area contributed by atoms with Gasteiger partial charge in [0.15, 0.2) is 0 Å². The first kappa shape index (κ1) is 18.2. The van der Waals surface area contributed by atoms with Crippen LogP contribution in [-0.2, 0) is 0 Å². The minimum atomic E-state index is -0.318. The maximum atomic E-state index is 15.8.